The molecule has 5 rings (SSSR count). The molecule has 0 fully saturated rings. The van der Waals surface area contributed by atoms with Gasteiger partial charge in [0.05, 0.1) is 10.7 Å². The minimum Gasteiger partial charge on any atom is -0.370 e. The van der Waals surface area contributed by atoms with Gasteiger partial charge in [0.15, 0.2) is 11.8 Å². The number of nitrogens with one attached hydrogen (secondary N) is 4. The fourth-order valence-corrected chi connectivity index (χ4v) is 5.58. The molecule has 0 aliphatic carbocycles. The molecular formula is C32H42ClFN12O. The number of aromatic amines is 2. The number of anilines is 2. The van der Waals surface area contributed by atoms with Crippen molar-refractivity contribution in [1.29, 1.82) is 0 Å². The first kappa shape index (κ1) is 33.9. The first-order valence-electron chi connectivity index (χ1n) is 15.5. The van der Waals surface area contributed by atoms with Gasteiger partial charge in [0.1, 0.15) is 11.3 Å². The number of aliphatic hydroxyl groups excluding tert-OH is 1. The summed E-state index contributed by atoms with van der Waals surface area (Å²) in [6, 6.07) is 13.2. The number of benzene rings is 2. The normalized spacial score (nSPS) is 15.4. The van der Waals surface area contributed by atoms with Crippen LogP contribution in [0.15, 0.2) is 52.4 Å². The molecule has 0 spiro atoms. The van der Waals surface area contributed by atoms with Gasteiger partial charge >= 0.3 is 0 Å². The topological polar surface area (TPSA) is 208 Å². The number of hydrogen-bond donors (Lipinski definition) is 8. The second-order valence-electron chi connectivity index (χ2n) is 11.8. The van der Waals surface area contributed by atoms with Crippen molar-refractivity contribution in [3.05, 3.63) is 81.0 Å². The molecule has 1 unspecified atom stereocenters. The van der Waals surface area contributed by atoms with E-state index in [-0.39, 0.29) is 23.1 Å². The van der Waals surface area contributed by atoms with Gasteiger partial charge in [-0.05, 0) is 81.0 Å². The van der Waals surface area contributed by atoms with Crippen molar-refractivity contribution < 1.29 is 9.50 Å². The molecule has 0 amide bonds. The quantitative estimate of drug-likeness (QED) is 0.0689. The number of H-pyrrole nitrogens is 2. The zero-order valence-electron chi connectivity index (χ0n) is 26.5. The van der Waals surface area contributed by atoms with Crippen molar-refractivity contribution >= 4 is 35.4 Å². The summed E-state index contributed by atoms with van der Waals surface area (Å²) in [5, 5.41) is 25.4. The molecule has 2 aromatic carbocycles. The van der Waals surface area contributed by atoms with Crippen molar-refractivity contribution in [3.63, 3.8) is 0 Å². The van der Waals surface area contributed by atoms with Crippen LogP contribution in [0, 0.1) is 12.7 Å². The molecule has 0 radical (unpaired) electrons. The van der Waals surface area contributed by atoms with Crippen molar-refractivity contribution in [2.75, 3.05) is 23.3 Å². The molecule has 3 atom stereocenters. The van der Waals surface area contributed by atoms with E-state index in [0.717, 1.165) is 41.9 Å². The molecule has 0 saturated carbocycles. The number of aliphatic imine (C=N–C) groups is 1. The molecular weight excluding hydrogens is 623 g/mol. The minimum absolute atomic E-state index is 0.0314. The number of nitrogens with two attached hydrogens (primary N) is 3. The molecule has 1 aliphatic rings. The maximum Gasteiger partial charge on any atom is 0.242 e. The fourth-order valence-electron chi connectivity index (χ4n) is 5.34. The highest BCUT2D eigenvalue weighted by molar-refractivity contribution is 6.31. The minimum atomic E-state index is -1.17. The van der Waals surface area contributed by atoms with E-state index in [9.17, 15) is 5.11 Å². The van der Waals surface area contributed by atoms with Gasteiger partial charge in [-0.25, -0.2) is 9.38 Å². The van der Waals surface area contributed by atoms with Gasteiger partial charge in [0.2, 0.25) is 12.3 Å². The Morgan fingerprint density at radius 3 is 2.66 bits per heavy atom. The van der Waals surface area contributed by atoms with Crippen LogP contribution >= 0.6 is 11.6 Å². The van der Waals surface area contributed by atoms with E-state index in [4.69, 9.17) is 28.8 Å². The molecule has 0 saturated heterocycles. The predicted octanol–water partition coefficient (Wildman–Crippen LogP) is 1.96. The standard InChI is InChI=1S/C32H42ClFN12O/c1-18(35)4-3-5-21-12-25(28(34)26(33)13-21)27-14-22-17-46(32(47)43-29(22)42-27)24-8-6-20(7-9-24)15-39-23(10-11-38-30(36)37)16-40-31-41-19(2)44-45-31/h6-9,12-14,17-18,23,32,39,47H,3-5,10-11,15-16,35H2,1-2H3,(H,42,43)(H4,36,37,38)(H2,40,41,44,45)/t18-,23+,32?/m0/s1. The van der Waals surface area contributed by atoms with Gasteiger partial charge in [-0.1, -0.05) is 23.7 Å². The highest BCUT2D eigenvalue weighted by atomic mass is 35.5. The predicted molar refractivity (Wildman–Crippen MR) is 183 cm³/mol. The van der Waals surface area contributed by atoms with E-state index in [2.05, 4.69) is 40.8 Å². The second kappa shape index (κ2) is 15.4. The van der Waals surface area contributed by atoms with Crippen LogP contribution in [0.25, 0.3) is 17.5 Å². The number of halogens is 2. The number of guanidine groups is 1. The Bertz CT molecular complexity index is 1800. The molecule has 2 aromatic heterocycles. The Balaban J connectivity index is 1.27. The van der Waals surface area contributed by atoms with E-state index in [1.807, 2.05) is 44.2 Å². The molecule has 3 heterocycles. The first-order valence-corrected chi connectivity index (χ1v) is 15.9. The van der Waals surface area contributed by atoms with Crippen LogP contribution in [0.2, 0.25) is 5.02 Å². The van der Waals surface area contributed by atoms with E-state index >= 15 is 4.39 Å². The van der Waals surface area contributed by atoms with Crippen molar-refractivity contribution in [2.45, 2.75) is 64.5 Å². The third-order valence-corrected chi connectivity index (χ3v) is 8.08. The molecule has 13 nitrogen and oxygen atoms in total. The summed E-state index contributed by atoms with van der Waals surface area (Å²) in [6.45, 7) is 5.43. The summed E-state index contributed by atoms with van der Waals surface area (Å²) in [4.78, 5) is 17.6. The Labute approximate surface area is 277 Å². The lowest BCUT2D eigenvalue weighted by Crippen LogP contribution is -2.41. The highest BCUT2D eigenvalue weighted by Gasteiger charge is 2.20. The van der Waals surface area contributed by atoms with Gasteiger partial charge < -0.3 is 42.8 Å². The number of aliphatic hydroxyl groups is 1. The van der Waals surface area contributed by atoms with Crippen LogP contribution in [-0.2, 0) is 13.0 Å². The Morgan fingerprint density at radius 2 is 1.96 bits per heavy atom. The maximum absolute atomic E-state index is 15.2. The molecule has 250 valence electrons. The number of fused-ring (bicyclic) bond motifs is 1. The average Bonchev–Trinajstić information content (AvgIpc) is 3.64. The Kier molecular flexibility index (Phi) is 11.1. The van der Waals surface area contributed by atoms with Crippen LogP contribution in [0.5, 0.6) is 0 Å². The maximum atomic E-state index is 15.2. The van der Waals surface area contributed by atoms with Crippen LogP contribution in [0.4, 0.5) is 16.0 Å². The average molecular weight is 665 g/mol. The largest absolute Gasteiger partial charge is 0.370 e. The monoisotopic (exact) mass is 664 g/mol. The van der Waals surface area contributed by atoms with E-state index in [0.29, 0.717) is 54.0 Å². The lowest BCUT2D eigenvalue weighted by atomic mass is 10.0. The van der Waals surface area contributed by atoms with E-state index < -0.39 is 12.2 Å². The number of aryl methyl sites for hydroxylation is 2. The molecule has 11 N–H and O–H groups in total. The molecule has 47 heavy (non-hydrogen) atoms. The van der Waals surface area contributed by atoms with Gasteiger partial charge in [0.25, 0.3) is 0 Å². The molecule has 4 aromatic rings. The Hall–Kier alpha value is -4.50. The van der Waals surface area contributed by atoms with Gasteiger partial charge in [0, 0.05) is 54.4 Å². The van der Waals surface area contributed by atoms with Crippen LogP contribution in [0.1, 0.15) is 43.1 Å². The van der Waals surface area contributed by atoms with Crippen LogP contribution in [-0.4, -0.2) is 62.8 Å². The summed E-state index contributed by atoms with van der Waals surface area (Å²) < 4.78 is 15.2. The van der Waals surface area contributed by atoms with Crippen molar-refractivity contribution in [2.24, 2.45) is 27.2 Å². The summed E-state index contributed by atoms with van der Waals surface area (Å²) in [6.07, 6.45) is 3.80. The van der Waals surface area contributed by atoms with Crippen molar-refractivity contribution in [3.8, 4) is 11.3 Å². The third-order valence-electron chi connectivity index (χ3n) is 7.81. The smallest absolute Gasteiger partial charge is 0.242 e. The fraction of sp³-hybridized carbons (Fsp3) is 0.375. The van der Waals surface area contributed by atoms with Crippen LogP contribution < -0.4 is 43.4 Å². The first-order chi connectivity index (χ1) is 22.5. The zero-order chi connectivity index (χ0) is 33.5. The SMILES string of the molecule is Cc1nc(NC[C@@H](CCN=C(N)N)NCc2ccc(N3C=c4cc(-c5cc(CCC[C@H](C)N)cc(Cl)c5F)[nH]c4=NC3O)cc2)n[nH]1. The van der Waals surface area contributed by atoms with Crippen molar-refractivity contribution in [1.82, 2.24) is 25.5 Å². The summed E-state index contributed by atoms with van der Waals surface area (Å²) in [5.41, 5.74) is 20.9. The van der Waals surface area contributed by atoms with Gasteiger partial charge in [-0.2, -0.15) is 4.98 Å². The van der Waals surface area contributed by atoms with Gasteiger partial charge in [-0.15, -0.1) is 5.10 Å². The number of hydrogen-bond acceptors (Lipinski definition) is 9. The van der Waals surface area contributed by atoms with E-state index in [1.165, 1.54) is 0 Å². The molecule has 15 heteroatoms. The number of nitrogens with zero attached hydrogens (tertiary/aromatic N) is 5. The summed E-state index contributed by atoms with van der Waals surface area (Å²) in [7, 11) is 0. The Morgan fingerprint density at radius 1 is 1.17 bits per heavy atom. The molecule has 1 aliphatic heterocycles. The summed E-state index contributed by atoms with van der Waals surface area (Å²) in [5.74, 6) is 0.793. The third kappa shape index (κ3) is 9.07. The van der Waals surface area contributed by atoms with Gasteiger partial charge in [-0.3, -0.25) is 10.1 Å². The van der Waals surface area contributed by atoms with E-state index in [1.54, 1.807) is 23.2 Å². The lowest BCUT2D eigenvalue weighted by Gasteiger charge is -2.25. The number of rotatable bonds is 15. The summed E-state index contributed by atoms with van der Waals surface area (Å²) >= 11 is 6.27. The second-order valence-corrected chi connectivity index (χ2v) is 12.2. The lowest BCUT2D eigenvalue weighted by molar-refractivity contribution is 0.186. The number of aromatic nitrogens is 4. The van der Waals surface area contributed by atoms with Crippen LogP contribution in [0.3, 0.4) is 0 Å². The molecule has 0 bridgehead atoms. The zero-order valence-corrected chi connectivity index (χ0v) is 27.2. The highest BCUT2D eigenvalue weighted by Crippen LogP contribution is 2.29.